The normalized spacial score (nSPS) is 10.7. The molecule has 156 valence electrons. The third-order valence-corrected chi connectivity index (χ3v) is 5.34. The molecule has 0 aromatic heterocycles. The first-order chi connectivity index (χ1) is 14.2. The van der Waals surface area contributed by atoms with Crippen LogP contribution in [0.3, 0.4) is 0 Å². The lowest BCUT2D eigenvalue weighted by molar-refractivity contribution is 0.0601. The molecule has 0 saturated carbocycles. The van der Waals surface area contributed by atoms with Crippen molar-refractivity contribution in [3.63, 3.8) is 0 Å². The Morgan fingerprint density at radius 3 is 2.43 bits per heavy atom. The zero-order valence-corrected chi connectivity index (χ0v) is 17.7. The second-order valence-corrected chi connectivity index (χ2v) is 7.38. The van der Waals surface area contributed by atoms with Crippen molar-refractivity contribution < 1.29 is 27.1 Å². The van der Waals surface area contributed by atoms with Gasteiger partial charge in [-0.3, -0.25) is 0 Å². The zero-order valence-electron chi connectivity index (χ0n) is 15.5. The van der Waals surface area contributed by atoms with E-state index in [2.05, 4.69) is 10.1 Å². The van der Waals surface area contributed by atoms with Crippen molar-refractivity contribution in [2.75, 3.05) is 18.2 Å². The van der Waals surface area contributed by atoms with Gasteiger partial charge in [-0.1, -0.05) is 18.2 Å². The molecule has 9 heteroatoms. The highest BCUT2D eigenvalue weighted by molar-refractivity contribution is 14.1. The molecular weight excluding hydrogens is 515 g/mol. The number of carbonyl (C=O) groups is 1. The average molecular weight is 530 g/mol. The van der Waals surface area contributed by atoms with Gasteiger partial charge < -0.3 is 15.8 Å². The minimum atomic E-state index is -1.38. The van der Waals surface area contributed by atoms with Crippen LogP contribution in [0.4, 0.5) is 34.6 Å². The first kappa shape index (κ1) is 21.9. The fraction of sp³-hybridized carbons (Fsp3) is 0.0952. The number of anilines is 3. The van der Waals surface area contributed by atoms with Crippen molar-refractivity contribution in [3.8, 4) is 0 Å². The molecule has 0 spiro atoms. The van der Waals surface area contributed by atoms with Crippen LogP contribution in [-0.2, 0) is 11.2 Å². The summed E-state index contributed by atoms with van der Waals surface area (Å²) >= 11 is 1.35. The standard InChI is InChI=1S/C21H15F4IN2O2/c1-30-21(29)11-5-2-6-12(8-11)28-20-13(16(23)19(26)17(24)18(20)25)9-10-4-3-7-14(27)15(10)22/h2-8,28H,9,27H2,1H3. The minimum Gasteiger partial charge on any atom is -0.465 e. The molecule has 0 aliphatic heterocycles. The number of esters is 1. The number of ether oxygens (including phenoxy) is 1. The summed E-state index contributed by atoms with van der Waals surface area (Å²) in [5.41, 5.74) is 4.97. The van der Waals surface area contributed by atoms with Gasteiger partial charge >= 0.3 is 5.97 Å². The van der Waals surface area contributed by atoms with E-state index < -0.39 is 38.5 Å². The van der Waals surface area contributed by atoms with E-state index in [4.69, 9.17) is 5.73 Å². The van der Waals surface area contributed by atoms with Crippen molar-refractivity contribution in [1.82, 2.24) is 0 Å². The van der Waals surface area contributed by atoms with Crippen molar-refractivity contribution in [2.45, 2.75) is 6.42 Å². The van der Waals surface area contributed by atoms with Crippen LogP contribution >= 0.6 is 22.6 Å². The van der Waals surface area contributed by atoms with E-state index in [1.807, 2.05) is 0 Å². The number of nitrogen functional groups attached to an aromatic ring is 1. The Hall–Kier alpha value is -2.82. The quantitative estimate of drug-likeness (QED) is 0.113. The molecule has 3 N–H and O–H groups in total. The number of rotatable bonds is 5. The van der Waals surface area contributed by atoms with Crippen LogP contribution in [0.15, 0.2) is 42.5 Å². The summed E-state index contributed by atoms with van der Waals surface area (Å²) in [4.78, 5) is 11.7. The predicted molar refractivity (Wildman–Crippen MR) is 114 cm³/mol. The number of nitrogens with one attached hydrogen (secondary N) is 1. The topological polar surface area (TPSA) is 64.3 Å². The van der Waals surface area contributed by atoms with E-state index in [0.717, 1.165) is 0 Å². The van der Waals surface area contributed by atoms with Gasteiger partial charge in [0.15, 0.2) is 11.6 Å². The van der Waals surface area contributed by atoms with Crippen LogP contribution in [0.25, 0.3) is 0 Å². The van der Waals surface area contributed by atoms with Crippen LogP contribution in [0, 0.1) is 26.8 Å². The molecule has 0 saturated heterocycles. The highest BCUT2D eigenvalue weighted by Crippen LogP contribution is 2.35. The van der Waals surface area contributed by atoms with Crippen LogP contribution < -0.4 is 11.1 Å². The molecule has 0 heterocycles. The lowest BCUT2D eigenvalue weighted by Crippen LogP contribution is -2.10. The van der Waals surface area contributed by atoms with Gasteiger partial charge in [-0.15, -0.1) is 0 Å². The van der Waals surface area contributed by atoms with Gasteiger partial charge in [0.2, 0.25) is 0 Å². The summed E-state index contributed by atoms with van der Waals surface area (Å²) in [6.45, 7) is 0. The smallest absolute Gasteiger partial charge is 0.337 e. The summed E-state index contributed by atoms with van der Waals surface area (Å²) in [6.07, 6.45) is -0.380. The second kappa shape index (κ2) is 8.90. The van der Waals surface area contributed by atoms with Crippen molar-refractivity contribution in [1.29, 1.82) is 0 Å². The van der Waals surface area contributed by atoms with Crippen molar-refractivity contribution in [3.05, 3.63) is 86.0 Å². The number of methoxy groups -OCH3 is 1. The highest BCUT2D eigenvalue weighted by atomic mass is 127. The van der Waals surface area contributed by atoms with Crippen LogP contribution in [0.1, 0.15) is 21.5 Å². The minimum absolute atomic E-state index is 0.0158. The maximum Gasteiger partial charge on any atom is 0.337 e. The van der Waals surface area contributed by atoms with Gasteiger partial charge in [0, 0.05) is 17.7 Å². The van der Waals surface area contributed by atoms with E-state index in [9.17, 15) is 22.4 Å². The molecule has 0 unspecified atom stereocenters. The fourth-order valence-corrected chi connectivity index (χ4v) is 3.45. The molecule has 0 bridgehead atoms. The summed E-state index contributed by atoms with van der Waals surface area (Å²) in [5, 5.41) is 2.60. The Bertz CT molecular complexity index is 1140. The van der Waals surface area contributed by atoms with E-state index in [1.54, 1.807) is 0 Å². The van der Waals surface area contributed by atoms with Gasteiger partial charge in [-0.05, 0) is 52.4 Å². The van der Waals surface area contributed by atoms with Gasteiger partial charge in [0.25, 0.3) is 0 Å². The molecule has 4 nitrogen and oxygen atoms in total. The fourth-order valence-electron chi connectivity index (χ4n) is 2.89. The molecule has 0 fully saturated rings. The predicted octanol–water partition coefficient (Wildman–Crippen LogP) is 5.55. The Morgan fingerprint density at radius 2 is 1.73 bits per heavy atom. The maximum absolute atomic E-state index is 14.9. The van der Waals surface area contributed by atoms with Gasteiger partial charge in [0.1, 0.15) is 11.6 Å². The number of benzene rings is 3. The summed E-state index contributed by atoms with van der Waals surface area (Å²) in [5.74, 6) is -5.14. The lowest BCUT2D eigenvalue weighted by atomic mass is 10.0. The number of halogens is 5. The summed E-state index contributed by atoms with van der Waals surface area (Å²) in [7, 11) is 1.20. The van der Waals surface area contributed by atoms with E-state index in [0.29, 0.717) is 0 Å². The number of carbonyl (C=O) groups excluding carboxylic acids is 1. The van der Waals surface area contributed by atoms with E-state index in [1.165, 1.54) is 72.2 Å². The first-order valence-corrected chi connectivity index (χ1v) is 9.65. The Balaban J connectivity index is 2.12. The molecular formula is C21H15F4IN2O2. The zero-order chi connectivity index (χ0) is 22.0. The Morgan fingerprint density at radius 1 is 1.03 bits per heavy atom. The van der Waals surface area contributed by atoms with Crippen LogP contribution in [0.5, 0.6) is 0 Å². The van der Waals surface area contributed by atoms with E-state index >= 15 is 0 Å². The lowest BCUT2D eigenvalue weighted by Gasteiger charge is -2.17. The summed E-state index contributed by atoms with van der Waals surface area (Å²) in [6, 6.07) is 9.95. The Labute approximate surface area is 183 Å². The summed E-state index contributed by atoms with van der Waals surface area (Å²) < 4.78 is 62.4. The monoisotopic (exact) mass is 530 g/mol. The molecule has 3 aromatic rings. The molecule has 0 aliphatic rings. The molecule has 0 atom stereocenters. The molecule has 30 heavy (non-hydrogen) atoms. The SMILES string of the molecule is COC(=O)c1cccc(Nc2c(F)c(F)c(I)c(F)c2Cc2cccc(N)c2F)c1. The second-order valence-electron chi connectivity index (χ2n) is 6.30. The van der Waals surface area contributed by atoms with Gasteiger partial charge in [-0.25, -0.2) is 22.4 Å². The number of nitrogens with two attached hydrogens (primary N) is 1. The van der Waals surface area contributed by atoms with Crippen LogP contribution in [-0.4, -0.2) is 13.1 Å². The molecule has 0 amide bonds. The highest BCUT2D eigenvalue weighted by Gasteiger charge is 2.25. The van der Waals surface area contributed by atoms with Gasteiger partial charge in [-0.2, -0.15) is 0 Å². The first-order valence-electron chi connectivity index (χ1n) is 8.57. The van der Waals surface area contributed by atoms with Crippen molar-refractivity contribution in [2.24, 2.45) is 0 Å². The maximum atomic E-state index is 14.9. The number of hydrogen-bond donors (Lipinski definition) is 2. The molecule has 3 rings (SSSR count). The molecule has 3 aromatic carbocycles. The largest absolute Gasteiger partial charge is 0.465 e. The van der Waals surface area contributed by atoms with Crippen molar-refractivity contribution >= 4 is 45.6 Å². The molecule has 0 aliphatic carbocycles. The Kier molecular flexibility index (Phi) is 6.49. The third-order valence-electron chi connectivity index (χ3n) is 4.39. The van der Waals surface area contributed by atoms with E-state index in [-0.39, 0.29) is 34.5 Å². The average Bonchev–Trinajstić information content (AvgIpc) is 2.75. The van der Waals surface area contributed by atoms with Gasteiger partial charge in [0.05, 0.1) is 27.6 Å². The third kappa shape index (κ3) is 4.20. The van der Waals surface area contributed by atoms with Crippen LogP contribution in [0.2, 0.25) is 0 Å². The number of hydrogen-bond acceptors (Lipinski definition) is 4. The molecule has 0 radical (unpaired) electrons.